The first kappa shape index (κ1) is 17.0. The van der Waals surface area contributed by atoms with E-state index in [1.165, 1.54) is 0 Å². The van der Waals surface area contributed by atoms with Gasteiger partial charge in [0.05, 0.1) is 0 Å². The Bertz CT molecular complexity index is 506. The molecule has 0 saturated carbocycles. The summed E-state index contributed by atoms with van der Waals surface area (Å²) in [6.45, 7) is 6.05. The third kappa shape index (κ3) is 4.32. The number of nitrogens with one attached hydrogen (secondary N) is 1. The molecule has 1 saturated heterocycles. The maximum atomic E-state index is 12.4. The van der Waals surface area contributed by atoms with Gasteiger partial charge in [-0.3, -0.25) is 0 Å². The van der Waals surface area contributed by atoms with E-state index >= 15 is 0 Å². The number of amides is 2. The standard InChI is InChI=1S/C17H27N3OS/c1-13(2)19(3)16-7-5-6-15(10-16)18-17(21)20-9-8-14(11-20)12-22-4/h5-7,10,13-14H,8-9,11-12H2,1-4H3,(H,18,21)/t14-/m1/s1. The highest BCUT2D eigenvalue weighted by Gasteiger charge is 2.25. The molecule has 2 amide bonds. The number of thioether (sulfide) groups is 1. The number of hydrogen-bond acceptors (Lipinski definition) is 3. The van der Waals surface area contributed by atoms with Gasteiger partial charge in [0.2, 0.25) is 0 Å². The Morgan fingerprint density at radius 3 is 2.95 bits per heavy atom. The van der Waals surface area contributed by atoms with E-state index in [1.54, 1.807) is 0 Å². The van der Waals surface area contributed by atoms with E-state index in [9.17, 15) is 4.79 Å². The van der Waals surface area contributed by atoms with Crippen LogP contribution in [0.2, 0.25) is 0 Å². The minimum atomic E-state index is 0.0213. The van der Waals surface area contributed by atoms with Gasteiger partial charge in [-0.2, -0.15) is 11.8 Å². The molecule has 1 atom stereocenters. The topological polar surface area (TPSA) is 35.6 Å². The minimum Gasteiger partial charge on any atom is -0.372 e. The van der Waals surface area contributed by atoms with Crippen molar-refractivity contribution >= 4 is 29.2 Å². The lowest BCUT2D eigenvalue weighted by Gasteiger charge is -2.24. The zero-order valence-corrected chi connectivity index (χ0v) is 14.8. The predicted octanol–water partition coefficient (Wildman–Crippen LogP) is 3.75. The van der Waals surface area contributed by atoms with E-state index in [4.69, 9.17) is 0 Å². The number of carbonyl (C=O) groups is 1. The number of urea groups is 1. The van der Waals surface area contributed by atoms with E-state index in [-0.39, 0.29) is 6.03 Å². The van der Waals surface area contributed by atoms with Gasteiger partial charge < -0.3 is 15.1 Å². The first-order valence-electron chi connectivity index (χ1n) is 7.89. The molecule has 22 heavy (non-hydrogen) atoms. The van der Waals surface area contributed by atoms with Gasteiger partial charge in [-0.1, -0.05) is 6.07 Å². The number of nitrogens with zero attached hydrogens (tertiary/aromatic N) is 2. The molecular formula is C17H27N3OS. The predicted molar refractivity (Wildman–Crippen MR) is 97.1 cm³/mol. The normalized spacial score (nSPS) is 17.9. The smallest absolute Gasteiger partial charge is 0.321 e. The fourth-order valence-corrected chi connectivity index (χ4v) is 3.44. The molecule has 1 fully saturated rings. The van der Waals surface area contributed by atoms with E-state index in [0.29, 0.717) is 12.0 Å². The third-order valence-electron chi connectivity index (χ3n) is 4.25. The zero-order chi connectivity index (χ0) is 16.1. The summed E-state index contributed by atoms with van der Waals surface area (Å²) >= 11 is 1.86. The molecule has 1 heterocycles. The van der Waals surface area contributed by atoms with Crippen molar-refractivity contribution in [1.82, 2.24) is 4.90 Å². The van der Waals surface area contributed by atoms with Crippen LogP contribution in [0.5, 0.6) is 0 Å². The van der Waals surface area contributed by atoms with Gasteiger partial charge in [0.25, 0.3) is 0 Å². The lowest BCUT2D eigenvalue weighted by Crippen LogP contribution is -2.33. The van der Waals surface area contributed by atoms with E-state index < -0.39 is 0 Å². The van der Waals surface area contributed by atoms with Crippen molar-refractivity contribution in [2.24, 2.45) is 5.92 Å². The molecule has 1 N–H and O–H groups in total. The SMILES string of the molecule is CSC[C@@H]1CCN(C(=O)Nc2cccc(N(C)C(C)C)c2)C1. The maximum absolute atomic E-state index is 12.4. The van der Waals surface area contributed by atoms with Crippen LogP contribution in [-0.2, 0) is 0 Å². The Balaban J connectivity index is 1.96. The summed E-state index contributed by atoms with van der Waals surface area (Å²) in [7, 11) is 2.07. The second-order valence-electron chi connectivity index (χ2n) is 6.24. The highest BCUT2D eigenvalue weighted by molar-refractivity contribution is 7.98. The minimum absolute atomic E-state index is 0.0213. The molecule has 5 heteroatoms. The molecule has 0 radical (unpaired) electrons. The maximum Gasteiger partial charge on any atom is 0.321 e. The van der Waals surface area contributed by atoms with Gasteiger partial charge in [-0.15, -0.1) is 0 Å². The zero-order valence-electron chi connectivity index (χ0n) is 14.0. The summed E-state index contributed by atoms with van der Waals surface area (Å²) < 4.78 is 0. The number of carbonyl (C=O) groups excluding carboxylic acids is 1. The lowest BCUT2D eigenvalue weighted by molar-refractivity contribution is 0.221. The lowest BCUT2D eigenvalue weighted by atomic mass is 10.2. The number of benzene rings is 1. The summed E-state index contributed by atoms with van der Waals surface area (Å²) in [6.07, 6.45) is 3.24. The fraction of sp³-hybridized carbons (Fsp3) is 0.588. The number of hydrogen-bond donors (Lipinski definition) is 1. The van der Waals surface area contributed by atoms with Crippen molar-refractivity contribution in [1.29, 1.82) is 0 Å². The third-order valence-corrected chi connectivity index (χ3v) is 5.06. The van der Waals surface area contributed by atoms with Crippen LogP contribution in [0.15, 0.2) is 24.3 Å². The monoisotopic (exact) mass is 321 g/mol. The van der Waals surface area contributed by atoms with E-state index in [1.807, 2.05) is 34.9 Å². The Morgan fingerprint density at radius 2 is 2.27 bits per heavy atom. The van der Waals surface area contributed by atoms with Crippen LogP contribution in [0.1, 0.15) is 20.3 Å². The van der Waals surface area contributed by atoms with Crippen LogP contribution in [0.4, 0.5) is 16.2 Å². The first-order chi connectivity index (χ1) is 10.5. The molecule has 1 aromatic rings. The molecule has 1 aliphatic heterocycles. The van der Waals surface area contributed by atoms with Crippen LogP contribution in [0.25, 0.3) is 0 Å². The van der Waals surface area contributed by atoms with Gasteiger partial charge in [0.1, 0.15) is 0 Å². The molecule has 0 aliphatic carbocycles. The number of anilines is 2. The Kier molecular flexibility index (Phi) is 6.00. The van der Waals surface area contributed by atoms with Crippen molar-refractivity contribution in [2.75, 3.05) is 42.4 Å². The van der Waals surface area contributed by atoms with Crippen LogP contribution in [0.3, 0.4) is 0 Å². The Hall–Kier alpha value is -1.36. The molecule has 1 aliphatic rings. The van der Waals surface area contributed by atoms with Crippen molar-refractivity contribution in [3.63, 3.8) is 0 Å². The van der Waals surface area contributed by atoms with Crippen LogP contribution in [-0.4, -0.2) is 49.1 Å². The molecule has 4 nitrogen and oxygen atoms in total. The van der Waals surface area contributed by atoms with Gasteiger partial charge >= 0.3 is 6.03 Å². The second-order valence-corrected chi connectivity index (χ2v) is 7.15. The van der Waals surface area contributed by atoms with Crippen molar-refractivity contribution < 1.29 is 4.79 Å². The second kappa shape index (κ2) is 7.77. The number of likely N-dealkylation sites (tertiary alicyclic amines) is 1. The highest BCUT2D eigenvalue weighted by Crippen LogP contribution is 2.23. The first-order valence-corrected chi connectivity index (χ1v) is 9.28. The van der Waals surface area contributed by atoms with Gasteiger partial charge in [-0.25, -0.2) is 4.79 Å². The molecule has 0 aromatic heterocycles. The summed E-state index contributed by atoms with van der Waals surface area (Å²) in [5.41, 5.74) is 1.98. The molecule has 1 aromatic carbocycles. The van der Waals surface area contributed by atoms with Crippen molar-refractivity contribution in [3.8, 4) is 0 Å². The van der Waals surface area contributed by atoms with Gasteiger partial charge in [0, 0.05) is 37.6 Å². The summed E-state index contributed by atoms with van der Waals surface area (Å²) in [5, 5.41) is 3.03. The fourth-order valence-electron chi connectivity index (χ4n) is 2.69. The highest BCUT2D eigenvalue weighted by atomic mass is 32.2. The van der Waals surface area contributed by atoms with E-state index in [2.05, 4.69) is 43.4 Å². The average Bonchev–Trinajstić information content (AvgIpc) is 2.96. The molecule has 0 spiro atoms. The largest absolute Gasteiger partial charge is 0.372 e. The van der Waals surface area contributed by atoms with Crippen LogP contribution >= 0.6 is 11.8 Å². The van der Waals surface area contributed by atoms with E-state index in [0.717, 1.165) is 36.6 Å². The Morgan fingerprint density at radius 1 is 1.50 bits per heavy atom. The molecule has 122 valence electrons. The number of rotatable bonds is 5. The van der Waals surface area contributed by atoms with Crippen molar-refractivity contribution in [3.05, 3.63) is 24.3 Å². The summed E-state index contributed by atoms with van der Waals surface area (Å²) in [5.74, 6) is 1.78. The van der Waals surface area contributed by atoms with Crippen molar-refractivity contribution in [2.45, 2.75) is 26.3 Å². The quantitative estimate of drug-likeness (QED) is 0.897. The van der Waals surface area contributed by atoms with Gasteiger partial charge in [-0.05, 0) is 56.4 Å². The summed E-state index contributed by atoms with van der Waals surface area (Å²) in [6, 6.07) is 8.49. The molecule has 0 unspecified atom stereocenters. The molecular weight excluding hydrogens is 294 g/mol. The molecule has 2 rings (SSSR count). The van der Waals surface area contributed by atoms with Crippen LogP contribution < -0.4 is 10.2 Å². The summed E-state index contributed by atoms with van der Waals surface area (Å²) in [4.78, 5) is 16.5. The van der Waals surface area contributed by atoms with Crippen LogP contribution in [0, 0.1) is 5.92 Å². The van der Waals surface area contributed by atoms with Gasteiger partial charge in [0.15, 0.2) is 0 Å². The molecule has 0 bridgehead atoms. The Labute approximate surface area is 138 Å². The average molecular weight is 321 g/mol.